The molecule has 0 N–H and O–H groups in total. The molecule has 21 heavy (non-hydrogen) atoms. The van der Waals surface area contributed by atoms with Gasteiger partial charge in [0.05, 0.1) is 12.8 Å². The second-order valence-corrected chi connectivity index (χ2v) is 4.77. The number of para-hydroxylation sites is 1. The summed E-state index contributed by atoms with van der Waals surface area (Å²) in [6, 6.07) is 15.5. The summed E-state index contributed by atoms with van der Waals surface area (Å²) in [6.45, 7) is -0.446. The highest BCUT2D eigenvalue weighted by molar-refractivity contribution is 6.08. The summed E-state index contributed by atoms with van der Waals surface area (Å²) >= 11 is 0. The van der Waals surface area contributed by atoms with E-state index in [1.165, 1.54) is 12.1 Å². The van der Waals surface area contributed by atoms with Gasteiger partial charge in [0.2, 0.25) is 0 Å². The van der Waals surface area contributed by atoms with E-state index in [0.29, 0.717) is 17.0 Å². The van der Waals surface area contributed by atoms with Crippen molar-refractivity contribution in [3.8, 4) is 5.75 Å². The molecule has 0 spiro atoms. The van der Waals surface area contributed by atoms with Gasteiger partial charge in [-0.25, -0.2) is 0 Å². The predicted octanol–water partition coefficient (Wildman–Crippen LogP) is 3.55. The van der Waals surface area contributed by atoms with E-state index >= 15 is 0 Å². The number of halogens is 2. The molecule has 0 aliphatic carbocycles. The zero-order valence-electron chi connectivity index (χ0n) is 11.5. The lowest BCUT2D eigenvalue weighted by Crippen LogP contribution is -2.32. The number of anilines is 1. The van der Waals surface area contributed by atoms with Crippen LogP contribution in [-0.2, 0) is 0 Å². The van der Waals surface area contributed by atoms with Gasteiger partial charge >= 0.3 is 5.92 Å². The quantitative estimate of drug-likeness (QED) is 0.862. The van der Waals surface area contributed by atoms with Crippen LogP contribution in [0.5, 0.6) is 5.75 Å². The SMILES string of the molecule is COc1ccc(C2=NN(c3ccccc3)CC2(F)F)cc1. The van der Waals surface area contributed by atoms with Crippen molar-refractivity contribution >= 4 is 11.4 Å². The highest BCUT2D eigenvalue weighted by Crippen LogP contribution is 2.32. The van der Waals surface area contributed by atoms with Crippen LogP contribution in [0.3, 0.4) is 0 Å². The molecular formula is C16H14F2N2O. The Morgan fingerprint density at radius 1 is 1.05 bits per heavy atom. The molecule has 5 heteroatoms. The normalized spacial score (nSPS) is 16.7. The molecule has 0 unspecified atom stereocenters. The summed E-state index contributed by atoms with van der Waals surface area (Å²) < 4.78 is 33.5. The van der Waals surface area contributed by atoms with Gasteiger partial charge in [0.15, 0.2) is 0 Å². The summed E-state index contributed by atoms with van der Waals surface area (Å²) in [5, 5.41) is 5.43. The molecule has 0 radical (unpaired) electrons. The molecule has 0 saturated carbocycles. The Bertz CT molecular complexity index is 654. The lowest BCUT2D eigenvalue weighted by molar-refractivity contribution is 0.0957. The Morgan fingerprint density at radius 2 is 1.71 bits per heavy atom. The minimum atomic E-state index is -2.98. The molecule has 1 heterocycles. The second kappa shape index (κ2) is 5.16. The van der Waals surface area contributed by atoms with Crippen molar-refractivity contribution < 1.29 is 13.5 Å². The van der Waals surface area contributed by atoms with Crippen LogP contribution in [0.1, 0.15) is 5.56 Å². The van der Waals surface area contributed by atoms with Crippen molar-refractivity contribution in [2.45, 2.75) is 5.92 Å². The van der Waals surface area contributed by atoms with Gasteiger partial charge in [-0.15, -0.1) is 0 Å². The van der Waals surface area contributed by atoms with Crippen LogP contribution in [0.25, 0.3) is 0 Å². The van der Waals surface area contributed by atoms with Gasteiger partial charge in [-0.3, -0.25) is 5.01 Å². The van der Waals surface area contributed by atoms with Crippen molar-refractivity contribution in [2.75, 3.05) is 18.7 Å². The Balaban J connectivity index is 1.95. The molecule has 1 aliphatic rings. The number of hydrazone groups is 1. The van der Waals surface area contributed by atoms with Crippen LogP contribution in [0.15, 0.2) is 59.7 Å². The fourth-order valence-electron chi connectivity index (χ4n) is 2.26. The van der Waals surface area contributed by atoms with E-state index in [0.717, 1.165) is 0 Å². The molecular weight excluding hydrogens is 274 g/mol. The topological polar surface area (TPSA) is 24.8 Å². The van der Waals surface area contributed by atoms with E-state index in [4.69, 9.17) is 4.74 Å². The Morgan fingerprint density at radius 3 is 2.33 bits per heavy atom. The van der Waals surface area contributed by atoms with Gasteiger partial charge in [-0.1, -0.05) is 18.2 Å². The molecule has 0 amide bonds. The van der Waals surface area contributed by atoms with Crippen molar-refractivity contribution in [3.05, 3.63) is 60.2 Å². The third-order valence-corrected chi connectivity index (χ3v) is 3.33. The van der Waals surface area contributed by atoms with Gasteiger partial charge in [0, 0.05) is 5.56 Å². The maximum Gasteiger partial charge on any atom is 0.311 e. The minimum Gasteiger partial charge on any atom is -0.497 e. The number of benzene rings is 2. The Kier molecular flexibility index (Phi) is 3.33. The number of hydrogen-bond acceptors (Lipinski definition) is 3. The summed E-state index contributed by atoms with van der Waals surface area (Å²) in [7, 11) is 1.54. The van der Waals surface area contributed by atoms with E-state index in [2.05, 4.69) is 5.10 Å². The first kappa shape index (κ1) is 13.5. The van der Waals surface area contributed by atoms with Gasteiger partial charge in [-0.2, -0.15) is 13.9 Å². The average molecular weight is 288 g/mol. The summed E-state index contributed by atoms with van der Waals surface area (Å²) in [6.07, 6.45) is 0. The standard InChI is InChI=1S/C16H14F2N2O/c1-21-14-9-7-12(8-10-14)15-16(17,18)11-20(19-15)13-5-3-2-4-6-13/h2-10H,11H2,1H3. The largest absolute Gasteiger partial charge is 0.497 e. The van der Waals surface area contributed by atoms with Crippen LogP contribution < -0.4 is 9.75 Å². The van der Waals surface area contributed by atoms with Crippen LogP contribution in [0, 0.1) is 0 Å². The summed E-state index contributed by atoms with van der Waals surface area (Å²) in [5.41, 5.74) is 0.842. The van der Waals surface area contributed by atoms with Gasteiger partial charge in [0.1, 0.15) is 18.0 Å². The maximum atomic E-state index is 14.2. The van der Waals surface area contributed by atoms with E-state index in [9.17, 15) is 8.78 Å². The molecule has 1 aliphatic heterocycles. The van der Waals surface area contributed by atoms with E-state index in [-0.39, 0.29) is 5.71 Å². The van der Waals surface area contributed by atoms with Crippen LogP contribution >= 0.6 is 0 Å². The molecule has 0 bridgehead atoms. The highest BCUT2D eigenvalue weighted by Gasteiger charge is 2.44. The fourth-order valence-corrected chi connectivity index (χ4v) is 2.26. The van der Waals surface area contributed by atoms with Crippen LogP contribution in [-0.4, -0.2) is 25.3 Å². The number of hydrogen-bond donors (Lipinski definition) is 0. The Labute approximate surface area is 121 Å². The van der Waals surface area contributed by atoms with Crippen LogP contribution in [0.4, 0.5) is 14.5 Å². The third-order valence-electron chi connectivity index (χ3n) is 3.33. The highest BCUT2D eigenvalue weighted by atomic mass is 19.3. The van der Waals surface area contributed by atoms with Crippen molar-refractivity contribution in [2.24, 2.45) is 5.10 Å². The van der Waals surface area contributed by atoms with Crippen molar-refractivity contribution in [1.29, 1.82) is 0 Å². The van der Waals surface area contributed by atoms with E-state index in [1.54, 1.807) is 48.5 Å². The first-order chi connectivity index (χ1) is 10.1. The lowest BCUT2D eigenvalue weighted by atomic mass is 10.1. The number of rotatable bonds is 3. The van der Waals surface area contributed by atoms with Gasteiger partial charge < -0.3 is 4.74 Å². The first-order valence-corrected chi connectivity index (χ1v) is 6.54. The molecule has 2 aromatic rings. The van der Waals surface area contributed by atoms with Gasteiger partial charge in [-0.05, 0) is 36.4 Å². The maximum absolute atomic E-state index is 14.2. The first-order valence-electron chi connectivity index (χ1n) is 6.54. The zero-order valence-corrected chi connectivity index (χ0v) is 11.5. The molecule has 0 aromatic heterocycles. The predicted molar refractivity (Wildman–Crippen MR) is 78.3 cm³/mol. The summed E-state index contributed by atoms with van der Waals surface area (Å²) in [4.78, 5) is 0. The van der Waals surface area contributed by atoms with E-state index in [1.807, 2.05) is 6.07 Å². The van der Waals surface area contributed by atoms with E-state index < -0.39 is 12.5 Å². The lowest BCUT2D eigenvalue weighted by Gasteiger charge is -2.15. The number of methoxy groups -OCH3 is 1. The molecule has 3 nitrogen and oxygen atoms in total. The van der Waals surface area contributed by atoms with Crippen molar-refractivity contribution in [3.63, 3.8) is 0 Å². The Hall–Kier alpha value is -2.43. The van der Waals surface area contributed by atoms with Crippen LogP contribution in [0.2, 0.25) is 0 Å². The molecule has 3 rings (SSSR count). The molecule has 2 aromatic carbocycles. The smallest absolute Gasteiger partial charge is 0.311 e. The number of nitrogens with zero attached hydrogens (tertiary/aromatic N) is 2. The summed E-state index contributed by atoms with van der Waals surface area (Å²) in [5.74, 6) is -2.36. The molecule has 0 fully saturated rings. The third kappa shape index (κ3) is 2.59. The average Bonchev–Trinajstić information content (AvgIpc) is 2.84. The number of alkyl halides is 2. The molecule has 0 atom stereocenters. The number of ether oxygens (including phenoxy) is 1. The van der Waals surface area contributed by atoms with Gasteiger partial charge in [0.25, 0.3) is 0 Å². The zero-order chi connectivity index (χ0) is 14.9. The second-order valence-electron chi connectivity index (χ2n) is 4.77. The molecule has 108 valence electrons. The monoisotopic (exact) mass is 288 g/mol. The molecule has 0 saturated heterocycles. The minimum absolute atomic E-state index is 0.214. The fraction of sp³-hybridized carbons (Fsp3) is 0.188. The van der Waals surface area contributed by atoms with Crippen molar-refractivity contribution in [1.82, 2.24) is 0 Å².